The SMILES string of the molecule is CCOCCCNC(=O)N/C=C(\C)C1CCCC1. The lowest BCUT2D eigenvalue weighted by Gasteiger charge is -2.10. The largest absolute Gasteiger partial charge is 0.382 e. The van der Waals surface area contributed by atoms with Crippen LogP contribution in [-0.4, -0.2) is 25.8 Å². The van der Waals surface area contributed by atoms with Crippen LogP contribution in [0.4, 0.5) is 4.79 Å². The maximum absolute atomic E-state index is 11.5. The van der Waals surface area contributed by atoms with Crippen molar-refractivity contribution >= 4 is 6.03 Å². The van der Waals surface area contributed by atoms with Gasteiger partial charge in [0.25, 0.3) is 0 Å². The molecule has 1 fully saturated rings. The van der Waals surface area contributed by atoms with Crippen molar-refractivity contribution in [3.05, 3.63) is 11.8 Å². The van der Waals surface area contributed by atoms with Crippen LogP contribution in [0.2, 0.25) is 0 Å². The fourth-order valence-corrected chi connectivity index (χ4v) is 2.25. The Kier molecular flexibility index (Phi) is 7.49. The molecule has 0 aromatic heterocycles. The van der Waals surface area contributed by atoms with Crippen LogP contribution in [0.25, 0.3) is 0 Å². The molecule has 0 bridgehead atoms. The molecule has 2 amide bonds. The van der Waals surface area contributed by atoms with Crippen molar-refractivity contribution in [3.63, 3.8) is 0 Å². The average Bonchev–Trinajstić information content (AvgIpc) is 2.89. The molecule has 0 unspecified atom stereocenters. The van der Waals surface area contributed by atoms with Crippen LogP contribution in [0.1, 0.15) is 46.0 Å². The third kappa shape index (κ3) is 6.05. The molecule has 0 spiro atoms. The summed E-state index contributed by atoms with van der Waals surface area (Å²) in [6.07, 6.45) is 7.87. The average molecular weight is 254 g/mol. The minimum Gasteiger partial charge on any atom is -0.382 e. The molecule has 4 nitrogen and oxygen atoms in total. The van der Waals surface area contributed by atoms with Crippen molar-refractivity contribution in [2.45, 2.75) is 46.0 Å². The topological polar surface area (TPSA) is 50.4 Å². The van der Waals surface area contributed by atoms with Crippen LogP contribution < -0.4 is 10.6 Å². The molecule has 1 aliphatic rings. The standard InChI is InChI=1S/C14H26N2O2/c1-3-18-10-6-9-15-14(17)16-11-12(2)13-7-4-5-8-13/h11,13H,3-10H2,1-2H3,(H2,15,16,17)/b12-11+. The van der Waals surface area contributed by atoms with Gasteiger partial charge in [-0.25, -0.2) is 4.79 Å². The number of allylic oxidation sites excluding steroid dienone is 1. The first-order chi connectivity index (χ1) is 8.74. The minimum atomic E-state index is -0.121. The third-order valence-corrected chi connectivity index (χ3v) is 3.39. The number of urea groups is 1. The summed E-state index contributed by atoms with van der Waals surface area (Å²) in [6, 6.07) is -0.121. The van der Waals surface area contributed by atoms with E-state index >= 15 is 0 Å². The fourth-order valence-electron chi connectivity index (χ4n) is 2.25. The Morgan fingerprint density at radius 2 is 2.11 bits per heavy atom. The van der Waals surface area contributed by atoms with Gasteiger partial charge in [0.05, 0.1) is 0 Å². The van der Waals surface area contributed by atoms with Crippen molar-refractivity contribution in [3.8, 4) is 0 Å². The molecule has 0 radical (unpaired) electrons. The Morgan fingerprint density at radius 3 is 2.78 bits per heavy atom. The van der Waals surface area contributed by atoms with Gasteiger partial charge in [0.1, 0.15) is 0 Å². The lowest BCUT2D eigenvalue weighted by molar-refractivity contribution is 0.145. The number of nitrogens with one attached hydrogen (secondary N) is 2. The van der Waals surface area contributed by atoms with Crippen LogP contribution in [0, 0.1) is 5.92 Å². The predicted molar refractivity (Wildman–Crippen MR) is 73.4 cm³/mol. The number of amides is 2. The quantitative estimate of drug-likeness (QED) is 0.686. The van der Waals surface area contributed by atoms with Crippen LogP contribution in [0.5, 0.6) is 0 Å². The minimum absolute atomic E-state index is 0.121. The van der Waals surface area contributed by atoms with Gasteiger partial charge in [-0.1, -0.05) is 18.4 Å². The maximum Gasteiger partial charge on any atom is 0.318 e. The summed E-state index contributed by atoms with van der Waals surface area (Å²) >= 11 is 0. The van der Waals surface area contributed by atoms with Gasteiger partial charge in [-0.15, -0.1) is 0 Å². The summed E-state index contributed by atoms with van der Waals surface area (Å²) in [6.45, 7) is 6.16. The van der Waals surface area contributed by atoms with Gasteiger partial charge < -0.3 is 15.4 Å². The highest BCUT2D eigenvalue weighted by Crippen LogP contribution is 2.30. The molecular formula is C14H26N2O2. The maximum atomic E-state index is 11.5. The van der Waals surface area contributed by atoms with Gasteiger partial charge in [-0.2, -0.15) is 0 Å². The molecule has 0 atom stereocenters. The van der Waals surface area contributed by atoms with E-state index in [1.54, 1.807) is 0 Å². The second-order valence-electron chi connectivity index (χ2n) is 4.82. The van der Waals surface area contributed by atoms with E-state index in [4.69, 9.17) is 4.74 Å². The van der Waals surface area contributed by atoms with Crippen LogP contribution in [-0.2, 0) is 4.74 Å². The zero-order chi connectivity index (χ0) is 13.2. The van der Waals surface area contributed by atoms with Gasteiger partial charge in [0.15, 0.2) is 0 Å². The Labute approximate surface area is 110 Å². The first-order valence-corrected chi connectivity index (χ1v) is 7.02. The number of carbonyl (C=O) groups is 1. The van der Waals surface area contributed by atoms with E-state index < -0.39 is 0 Å². The molecule has 0 aromatic rings. The molecule has 1 saturated carbocycles. The van der Waals surface area contributed by atoms with Crippen molar-refractivity contribution in [2.24, 2.45) is 5.92 Å². The monoisotopic (exact) mass is 254 g/mol. The molecule has 18 heavy (non-hydrogen) atoms. The van der Waals surface area contributed by atoms with Crippen LogP contribution in [0.3, 0.4) is 0 Å². The van der Waals surface area contributed by atoms with Gasteiger partial charge in [-0.05, 0) is 39.0 Å². The highest BCUT2D eigenvalue weighted by Gasteiger charge is 2.16. The summed E-state index contributed by atoms with van der Waals surface area (Å²) < 4.78 is 5.20. The number of rotatable bonds is 7. The number of ether oxygens (including phenoxy) is 1. The molecule has 1 rings (SSSR count). The molecule has 104 valence electrons. The second-order valence-corrected chi connectivity index (χ2v) is 4.82. The number of hydrogen-bond donors (Lipinski definition) is 2. The van der Waals surface area contributed by atoms with Gasteiger partial charge in [-0.3, -0.25) is 0 Å². The van der Waals surface area contributed by atoms with Gasteiger partial charge in [0.2, 0.25) is 0 Å². The number of carbonyl (C=O) groups excluding carboxylic acids is 1. The number of hydrogen-bond acceptors (Lipinski definition) is 2. The van der Waals surface area contributed by atoms with E-state index in [0.717, 1.165) is 13.0 Å². The zero-order valence-electron chi connectivity index (χ0n) is 11.6. The van der Waals surface area contributed by atoms with E-state index in [-0.39, 0.29) is 6.03 Å². The van der Waals surface area contributed by atoms with Crippen LogP contribution >= 0.6 is 0 Å². The van der Waals surface area contributed by atoms with E-state index in [1.165, 1.54) is 31.3 Å². The van der Waals surface area contributed by atoms with Gasteiger partial charge in [0, 0.05) is 26.0 Å². The van der Waals surface area contributed by atoms with E-state index in [2.05, 4.69) is 17.6 Å². The van der Waals surface area contributed by atoms with E-state index in [1.807, 2.05) is 13.1 Å². The summed E-state index contributed by atoms with van der Waals surface area (Å²) in [5, 5.41) is 5.61. The lowest BCUT2D eigenvalue weighted by Crippen LogP contribution is -2.33. The Balaban J connectivity index is 2.09. The molecule has 1 aliphatic carbocycles. The van der Waals surface area contributed by atoms with Crippen molar-refractivity contribution < 1.29 is 9.53 Å². The Bertz CT molecular complexity index is 271. The Hall–Kier alpha value is -1.03. The lowest BCUT2D eigenvalue weighted by atomic mass is 10.0. The summed E-state index contributed by atoms with van der Waals surface area (Å²) in [7, 11) is 0. The first-order valence-electron chi connectivity index (χ1n) is 7.02. The second kappa shape index (κ2) is 8.97. The fraction of sp³-hybridized carbons (Fsp3) is 0.786. The first kappa shape index (κ1) is 15.0. The molecule has 0 aliphatic heterocycles. The molecule has 0 aromatic carbocycles. The summed E-state index contributed by atoms with van der Waals surface area (Å²) in [5.41, 5.74) is 1.29. The molecule has 0 heterocycles. The summed E-state index contributed by atoms with van der Waals surface area (Å²) in [4.78, 5) is 11.5. The van der Waals surface area contributed by atoms with Crippen LogP contribution in [0.15, 0.2) is 11.8 Å². The molecule has 2 N–H and O–H groups in total. The summed E-state index contributed by atoms with van der Waals surface area (Å²) in [5.74, 6) is 0.670. The highest BCUT2D eigenvalue weighted by molar-refractivity contribution is 5.74. The van der Waals surface area contributed by atoms with E-state index in [0.29, 0.717) is 19.1 Å². The van der Waals surface area contributed by atoms with Crippen molar-refractivity contribution in [1.29, 1.82) is 0 Å². The zero-order valence-corrected chi connectivity index (χ0v) is 11.6. The van der Waals surface area contributed by atoms with E-state index in [9.17, 15) is 4.79 Å². The van der Waals surface area contributed by atoms with Crippen molar-refractivity contribution in [1.82, 2.24) is 10.6 Å². The van der Waals surface area contributed by atoms with Crippen molar-refractivity contribution in [2.75, 3.05) is 19.8 Å². The van der Waals surface area contributed by atoms with Gasteiger partial charge >= 0.3 is 6.03 Å². The smallest absolute Gasteiger partial charge is 0.318 e. The highest BCUT2D eigenvalue weighted by atomic mass is 16.5. The predicted octanol–water partition coefficient (Wildman–Crippen LogP) is 2.81. The molecule has 0 saturated heterocycles. The third-order valence-electron chi connectivity index (χ3n) is 3.39. The molecular weight excluding hydrogens is 228 g/mol. The normalized spacial score (nSPS) is 16.9. The molecule has 4 heteroatoms. The Morgan fingerprint density at radius 1 is 1.39 bits per heavy atom.